The molecule has 3 rings (SSSR count). The summed E-state index contributed by atoms with van der Waals surface area (Å²) in [4.78, 5) is 25.4. The summed E-state index contributed by atoms with van der Waals surface area (Å²) in [5.41, 5.74) is -0.00368. The van der Waals surface area contributed by atoms with E-state index in [1.807, 2.05) is 18.2 Å². The molecule has 1 saturated heterocycles. The van der Waals surface area contributed by atoms with Gasteiger partial charge in [0.05, 0.1) is 10.5 Å². The van der Waals surface area contributed by atoms with Gasteiger partial charge < -0.3 is 15.4 Å². The molecule has 2 aromatic rings. The highest BCUT2D eigenvalue weighted by Crippen LogP contribution is 2.28. The Labute approximate surface area is 169 Å². The summed E-state index contributed by atoms with van der Waals surface area (Å²) in [5, 5.41) is 17.2. The van der Waals surface area contributed by atoms with Crippen LogP contribution in [0.4, 0.5) is 5.69 Å². The maximum absolute atomic E-state index is 12.6. The van der Waals surface area contributed by atoms with Gasteiger partial charge in [-0.25, -0.2) is 0 Å². The van der Waals surface area contributed by atoms with Crippen molar-refractivity contribution >= 4 is 24.0 Å². The molecule has 0 atom stereocenters. The summed E-state index contributed by atoms with van der Waals surface area (Å²) >= 11 is 0. The Hall–Kier alpha value is -2.68. The number of hydrogen-bond donors (Lipinski definition) is 2. The monoisotopic (exact) mass is 406 g/mol. The standard InChI is InChI=1S/C19H22N4O4.ClH/c24-19(21-10-13-22-11-8-20-9-12-22)17-14-15(23(25)26)6-7-18(17)27-16-4-2-1-3-5-16;/h1-7,14,20H,8-13H2,(H,21,24);1H. The molecule has 1 aliphatic rings. The third-order valence-electron chi connectivity index (χ3n) is 4.31. The van der Waals surface area contributed by atoms with Gasteiger partial charge in [0.2, 0.25) is 0 Å². The summed E-state index contributed by atoms with van der Waals surface area (Å²) in [6.45, 7) is 4.95. The van der Waals surface area contributed by atoms with E-state index in [2.05, 4.69) is 15.5 Å². The van der Waals surface area contributed by atoms with Crippen molar-refractivity contribution in [2.45, 2.75) is 0 Å². The van der Waals surface area contributed by atoms with Gasteiger partial charge in [0.1, 0.15) is 11.5 Å². The zero-order chi connectivity index (χ0) is 19.1. The van der Waals surface area contributed by atoms with Crippen molar-refractivity contribution in [1.29, 1.82) is 0 Å². The van der Waals surface area contributed by atoms with Crippen molar-refractivity contribution in [3.8, 4) is 11.5 Å². The Morgan fingerprint density at radius 2 is 1.89 bits per heavy atom. The molecule has 1 fully saturated rings. The molecule has 1 amide bonds. The molecule has 2 aromatic carbocycles. The van der Waals surface area contributed by atoms with Crippen LogP contribution in [-0.4, -0.2) is 55.0 Å². The normalized spacial score (nSPS) is 14.0. The van der Waals surface area contributed by atoms with Crippen LogP contribution in [0.3, 0.4) is 0 Å². The first-order valence-corrected chi connectivity index (χ1v) is 8.86. The SMILES string of the molecule is Cl.O=C(NCCN1CCNCC1)c1cc([N+](=O)[O-])ccc1Oc1ccccc1. The molecule has 150 valence electrons. The minimum atomic E-state index is -0.524. The minimum absolute atomic E-state index is 0. The van der Waals surface area contributed by atoms with Gasteiger partial charge in [0.25, 0.3) is 11.6 Å². The zero-order valence-electron chi connectivity index (χ0n) is 15.3. The molecule has 28 heavy (non-hydrogen) atoms. The lowest BCUT2D eigenvalue weighted by Gasteiger charge is -2.27. The number of rotatable bonds is 7. The van der Waals surface area contributed by atoms with E-state index in [1.165, 1.54) is 18.2 Å². The third-order valence-corrected chi connectivity index (χ3v) is 4.31. The van der Waals surface area contributed by atoms with Crippen LogP contribution >= 0.6 is 12.4 Å². The van der Waals surface area contributed by atoms with E-state index in [0.717, 1.165) is 32.7 Å². The number of piperazine rings is 1. The number of nitro benzene ring substituents is 1. The number of para-hydroxylation sites is 1. The van der Waals surface area contributed by atoms with E-state index >= 15 is 0 Å². The highest BCUT2D eigenvalue weighted by atomic mass is 35.5. The van der Waals surface area contributed by atoms with E-state index in [4.69, 9.17) is 4.74 Å². The lowest BCUT2D eigenvalue weighted by molar-refractivity contribution is -0.384. The lowest BCUT2D eigenvalue weighted by atomic mass is 10.1. The van der Waals surface area contributed by atoms with Crippen LogP contribution in [0.15, 0.2) is 48.5 Å². The van der Waals surface area contributed by atoms with Crippen LogP contribution in [0.5, 0.6) is 11.5 Å². The highest BCUT2D eigenvalue weighted by Gasteiger charge is 2.19. The van der Waals surface area contributed by atoms with Gasteiger partial charge in [-0.2, -0.15) is 0 Å². The number of ether oxygens (including phenoxy) is 1. The van der Waals surface area contributed by atoms with E-state index in [0.29, 0.717) is 12.3 Å². The third kappa shape index (κ3) is 5.91. The molecule has 1 aliphatic heterocycles. The first kappa shape index (κ1) is 21.6. The van der Waals surface area contributed by atoms with Crippen molar-refractivity contribution in [2.24, 2.45) is 0 Å². The molecule has 2 N–H and O–H groups in total. The first-order valence-electron chi connectivity index (χ1n) is 8.86. The van der Waals surface area contributed by atoms with Gasteiger partial charge in [-0.1, -0.05) is 18.2 Å². The first-order chi connectivity index (χ1) is 13.1. The molecular weight excluding hydrogens is 384 g/mol. The molecule has 0 aromatic heterocycles. The van der Waals surface area contributed by atoms with Gasteiger partial charge >= 0.3 is 0 Å². The number of carbonyl (C=O) groups excluding carboxylic acids is 1. The van der Waals surface area contributed by atoms with Gasteiger partial charge in [-0.15, -0.1) is 12.4 Å². The summed E-state index contributed by atoms with van der Waals surface area (Å²) in [7, 11) is 0. The van der Waals surface area contributed by atoms with Gasteiger partial charge in [-0.3, -0.25) is 19.8 Å². The predicted octanol–water partition coefficient (Wildman–Crippen LogP) is 2.44. The molecule has 8 nitrogen and oxygen atoms in total. The van der Waals surface area contributed by atoms with Crippen LogP contribution in [0.1, 0.15) is 10.4 Å². The van der Waals surface area contributed by atoms with Gasteiger partial charge in [0, 0.05) is 51.4 Å². The number of halogens is 1. The quantitative estimate of drug-likeness (QED) is 0.541. The van der Waals surface area contributed by atoms with Crippen molar-refractivity contribution in [3.63, 3.8) is 0 Å². The molecule has 0 saturated carbocycles. The fourth-order valence-corrected chi connectivity index (χ4v) is 2.87. The fourth-order valence-electron chi connectivity index (χ4n) is 2.87. The van der Waals surface area contributed by atoms with Crippen LogP contribution in [0.2, 0.25) is 0 Å². The number of hydrogen-bond acceptors (Lipinski definition) is 6. The van der Waals surface area contributed by atoms with Crippen LogP contribution in [0.25, 0.3) is 0 Å². The highest BCUT2D eigenvalue weighted by molar-refractivity contribution is 5.97. The van der Waals surface area contributed by atoms with Crippen LogP contribution < -0.4 is 15.4 Å². The summed E-state index contributed by atoms with van der Waals surface area (Å²) < 4.78 is 5.76. The summed E-state index contributed by atoms with van der Waals surface area (Å²) in [6, 6.07) is 13.0. The Morgan fingerprint density at radius 3 is 2.57 bits per heavy atom. The van der Waals surface area contributed by atoms with Crippen LogP contribution in [0, 0.1) is 10.1 Å². The summed E-state index contributed by atoms with van der Waals surface area (Å²) in [6.07, 6.45) is 0. The van der Waals surface area contributed by atoms with E-state index in [1.54, 1.807) is 12.1 Å². The molecule has 0 bridgehead atoms. The Bertz CT molecular complexity index is 798. The second-order valence-corrected chi connectivity index (χ2v) is 6.20. The largest absolute Gasteiger partial charge is 0.457 e. The van der Waals surface area contributed by atoms with Crippen molar-refractivity contribution in [2.75, 3.05) is 39.3 Å². The maximum Gasteiger partial charge on any atom is 0.270 e. The Balaban J connectivity index is 0.00000280. The average Bonchev–Trinajstić information content (AvgIpc) is 2.69. The van der Waals surface area contributed by atoms with Crippen molar-refractivity contribution in [3.05, 3.63) is 64.2 Å². The molecule has 0 aliphatic carbocycles. The van der Waals surface area contributed by atoms with E-state index in [-0.39, 0.29) is 35.3 Å². The smallest absolute Gasteiger partial charge is 0.270 e. The molecule has 0 radical (unpaired) electrons. The van der Waals surface area contributed by atoms with Crippen molar-refractivity contribution in [1.82, 2.24) is 15.5 Å². The molecule has 0 spiro atoms. The number of carbonyl (C=O) groups is 1. The number of non-ortho nitro benzene ring substituents is 1. The van der Waals surface area contributed by atoms with Gasteiger partial charge in [0.15, 0.2) is 0 Å². The molecular formula is C19H23ClN4O4. The Morgan fingerprint density at radius 1 is 1.18 bits per heavy atom. The Kier molecular flexibility index (Phi) is 8.19. The minimum Gasteiger partial charge on any atom is -0.457 e. The number of benzene rings is 2. The predicted molar refractivity (Wildman–Crippen MR) is 109 cm³/mol. The van der Waals surface area contributed by atoms with E-state index < -0.39 is 4.92 Å². The average molecular weight is 407 g/mol. The lowest BCUT2D eigenvalue weighted by Crippen LogP contribution is -2.46. The molecule has 0 unspecified atom stereocenters. The molecule has 9 heteroatoms. The van der Waals surface area contributed by atoms with Gasteiger partial charge in [-0.05, 0) is 18.2 Å². The number of nitrogens with zero attached hydrogens (tertiary/aromatic N) is 2. The zero-order valence-corrected chi connectivity index (χ0v) is 16.1. The van der Waals surface area contributed by atoms with Crippen molar-refractivity contribution < 1.29 is 14.5 Å². The maximum atomic E-state index is 12.6. The topological polar surface area (TPSA) is 96.7 Å². The number of amides is 1. The fraction of sp³-hybridized carbons (Fsp3) is 0.316. The molecule has 1 heterocycles. The second kappa shape index (κ2) is 10.6. The van der Waals surface area contributed by atoms with Crippen LogP contribution in [-0.2, 0) is 0 Å². The number of nitrogens with one attached hydrogen (secondary N) is 2. The van der Waals surface area contributed by atoms with E-state index in [9.17, 15) is 14.9 Å². The summed E-state index contributed by atoms with van der Waals surface area (Å²) in [5.74, 6) is 0.451. The second-order valence-electron chi connectivity index (χ2n) is 6.20. The number of nitro groups is 1.